The number of hydrogen-bond acceptors (Lipinski definition) is 1. The van der Waals surface area contributed by atoms with Crippen LogP contribution < -0.4 is 0 Å². The molecule has 11 heavy (non-hydrogen) atoms. The Morgan fingerprint density at radius 1 is 1.36 bits per heavy atom. The van der Waals surface area contributed by atoms with Crippen molar-refractivity contribution in [1.29, 1.82) is 0 Å². The zero-order valence-electron chi connectivity index (χ0n) is 8.22. The largest absolute Gasteiger partial charge is 0.349 e. The third kappa shape index (κ3) is 2.91. The molecule has 0 saturated carbocycles. The van der Waals surface area contributed by atoms with E-state index in [9.17, 15) is 4.79 Å². The van der Waals surface area contributed by atoms with E-state index in [0.29, 0.717) is 5.92 Å². The Balaban J connectivity index is 4.15. The van der Waals surface area contributed by atoms with E-state index in [0.717, 1.165) is 6.42 Å². The molecular weight excluding hydrogens is 138 g/mol. The van der Waals surface area contributed by atoms with Crippen molar-refractivity contribution >= 4 is 5.91 Å². The van der Waals surface area contributed by atoms with Crippen molar-refractivity contribution < 1.29 is 4.79 Å². The highest BCUT2D eigenvalue weighted by molar-refractivity contribution is 5.78. The van der Waals surface area contributed by atoms with Crippen LogP contribution in [0.2, 0.25) is 0 Å². The van der Waals surface area contributed by atoms with E-state index >= 15 is 0 Å². The van der Waals surface area contributed by atoms with Gasteiger partial charge in [0.25, 0.3) is 0 Å². The highest BCUT2D eigenvalue weighted by Gasteiger charge is 2.20. The van der Waals surface area contributed by atoms with Gasteiger partial charge in [0.1, 0.15) is 0 Å². The summed E-state index contributed by atoms with van der Waals surface area (Å²) in [6.07, 6.45) is 0.939. The Hall–Kier alpha value is -0.530. The summed E-state index contributed by atoms with van der Waals surface area (Å²) in [5.74, 6) is 0.905. The first-order valence-corrected chi connectivity index (χ1v) is 4.21. The monoisotopic (exact) mass is 157 g/mol. The molecule has 1 unspecified atom stereocenters. The summed E-state index contributed by atoms with van der Waals surface area (Å²) in [7, 11) is 3.63. The predicted octanol–water partition coefficient (Wildman–Crippen LogP) is 1.76. The Morgan fingerprint density at radius 2 is 1.82 bits per heavy atom. The van der Waals surface area contributed by atoms with Gasteiger partial charge in [-0.15, -0.1) is 0 Å². The van der Waals surface area contributed by atoms with Gasteiger partial charge < -0.3 is 4.90 Å². The van der Waals surface area contributed by atoms with Crippen molar-refractivity contribution in [2.75, 3.05) is 14.1 Å². The van der Waals surface area contributed by atoms with Crippen LogP contribution in [0.3, 0.4) is 0 Å². The number of amides is 1. The second-order valence-corrected chi connectivity index (χ2v) is 3.49. The van der Waals surface area contributed by atoms with Crippen LogP contribution in [0, 0.1) is 11.8 Å². The number of nitrogens with zero attached hydrogens (tertiary/aromatic N) is 1. The Labute approximate surface area is 69.6 Å². The fourth-order valence-electron chi connectivity index (χ4n) is 1.26. The minimum absolute atomic E-state index is 0.199. The van der Waals surface area contributed by atoms with Crippen molar-refractivity contribution in [2.24, 2.45) is 11.8 Å². The Morgan fingerprint density at radius 3 is 1.91 bits per heavy atom. The van der Waals surface area contributed by atoms with Gasteiger partial charge in [0.2, 0.25) is 5.91 Å². The van der Waals surface area contributed by atoms with Crippen molar-refractivity contribution in [3.05, 3.63) is 0 Å². The molecule has 0 radical (unpaired) electrons. The highest BCUT2D eigenvalue weighted by atomic mass is 16.2. The SMILES string of the molecule is CCC(C(=O)N(C)C)C(C)C. The number of hydrogen-bond donors (Lipinski definition) is 0. The van der Waals surface area contributed by atoms with E-state index in [4.69, 9.17) is 0 Å². The minimum Gasteiger partial charge on any atom is -0.349 e. The molecule has 0 bridgehead atoms. The van der Waals surface area contributed by atoms with Crippen LogP contribution in [0.5, 0.6) is 0 Å². The van der Waals surface area contributed by atoms with E-state index in [-0.39, 0.29) is 11.8 Å². The van der Waals surface area contributed by atoms with Crippen molar-refractivity contribution in [2.45, 2.75) is 27.2 Å². The van der Waals surface area contributed by atoms with Crippen LogP contribution >= 0.6 is 0 Å². The molecule has 0 rings (SSSR count). The molecule has 1 atom stereocenters. The van der Waals surface area contributed by atoms with Gasteiger partial charge in [0.15, 0.2) is 0 Å². The van der Waals surface area contributed by atoms with Crippen LogP contribution in [-0.4, -0.2) is 24.9 Å². The molecule has 66 valence electrons. The maximum atomic E-state index is 11.4. The second-order valence-electron chi connectivity index (χ2n) is 3.49. The lowest BCUT2D eigenvalue weighted by Gasteiger charge is -2.21. The molecule has 2 heteroatoms. The molecule has 0 N–H and O–H groups in total. The molecule has 0 saturated heterocycles. The molecule has 0 aromatic carbocycles. The molecule has 0 aromatic rings. The average molecular weight is 157 g/mol. The fourth-order valence-corrected chi connectivity index (χ4v) is 1.26. The van der Waals surface area contributed by atoms with Crippen LogP contribution in [0.15, 0.2) is 0 Å². The number of rotatable bonds is 3. The van der Waals surface area contributed by atoms with Crippen LogP contribution in [-0.2, 0) is 4.79 Å². The topological polar surface area (TPSA) is 20.3 Å². The molecule has 0 aliphatic rings. The lowest BCUT2D eigenvalue weighted by Crippen LogP contribution is -2.32. The molecule has 0 aliphatic heterocycles. The summed E-state index contributed by atoms with van der Waals surface area (Å²) >= 11 is 0. The Bertz CT molecular complexity index is 130. The summed E-state index contributed by atoms with van der Waals surface area (Å²) in [5, 5.41) is 0. The van der Waals surface area contributed by atoms with E-state index < -0.39 is 0 Å². The van der Waals surface area contributed by atoms with Crippen LogP contribution in [0.25, 0.3) is 0 Å². The van der Waals surface area contributed by atoms with Crippen LogP contribution in [0.1, 0.15) is 27.2 Å². The number of carbonyl (C=O) groups is 1. The van der Waals surface area contributed by atoms with Crippen LogP contribution in [0.4, 0.5) is 0 Å². The van der Waals surface area contributed by atoms with Gasteiger partial charge >= 0.3 is 0 Å². The van der Waals surface area contributed by atoms with E-state index in [2.05, 4.69) is 20.8 Å². The van der Waals surface area contributed by atoms with Gasteiger partial charge in [0.05, 0.1) is 0 Å². The first kappa shape index (κ1) is 10.5. The molecular formula is C9H19NO. The van der Waals surface area contributed by atoms with E-state index in [1.165, 1.54) is 0 Å². The lowest BCUT2D eigenvalue weighted by atomic mass is 9.92. The normalized spacial score (nSPS) is 13.3. The van der Waals surface area contributed by atoms with E-state index in [1.807, 2.05) is 14.1 Å². The van der Waals surface area contributed by atoms with Crippen molar-refractivity contribution in [3.8, 4) is 0 Å². The summed E-state index contributed by atoms with van der Waals surface area (Å²) in [6, 6.07) is 0. The predicted molar refractivity (Wildman–Crippen MR) is 47.3 cm³/mol. The molecule has 0 heterocycles. The van der Waals surface area contributed by atoms with Gasteiger partial charge in [-0.05, 0) is 12.3 Å². The molecule has 2 nitrogen and oxygen atoms in total. The van der Waals surface area contributed by atoms with Gasteiger partial charge in [-0.1, -0.05) is 20.8 Å². The molecule has 0 aliphatic carbocycles. The fraction of sp³-hybridized carbons (Fsp3) is 0.889. The number of carbonyl (C=O) groups excluding carboxylic acids is 1. The maximum Gasteiger partial charge on any atom is 0.225 e. The molecule has 0 aromatic heterocycles. The third-order valence-corrected chi connectivity index (χ3v) is 2.00. The summed E-state index contributed by atoms with van der Waals surface area (Å²) in [5.41, 5.74) is 0. The van der Waals surface area contributed by atoms with Gasteiger partial charge in [-0.3, -0.25) is 4.79 Å². The van der Waals surface area contributed by atoms with Gasteiger partial charge in [-0.25, -0.2) is 0 Å². The molecule has 0 fully saturated rings. The molecule has 1 amide bonds. The zero-order valence-corrected chi connectivity index (χ0v) is 8.22. The minimum atomic E-state index is 0.199. The standard InChI is InChI=1S/C9H19NO/c1-6-8(7(2)3)9(11)10(4)5/h7-8H,6H2,1-5H3. The third-order valence-electron chi connectivity index (χ3n) is 2.00. The van der Waals surface area contributed by atoms with Gasteiger partial charge in [-0.2, -0.15) is 0 Å². The van der Waals surface area contributed by atoms with Crippen molar-refractivity contribution in [1.82, 2.24) is 4.90 Å². The summed E-state index contributed by atoms with van der Waals surface area (Å²) in [6.45, 7) is 6.25. The summed E-state index contributed by atoms with van der Waals surface area (Å²) < 4.78 is 0. The van der Waals surface area contributed by atoms with Crippen molar-refractivity contribution in [3.63, 3.8) is 0 Å². The quantitative estimate of drug-likeness (QED) is 0.611. The molecule has 0 spiro atoms. The zero-order chi connectivity index (χ0) is 9.02. The first-order chi connectivity index (χ1) is 5.00. The van der Waals surface area contributed by atoms with Gasteiger partial charge in [0, 0.05) is 20.0 Å². The first-order valence-electron chi connectivity index (χ1n) is 4.21. The smallest absolute Gasteiger partial charge is 0.225 e. The maximum absolute atomic E-state index is 11.4. The Kier molecular flexibility index (Phi) is 4.16. The average Bonchev–Trinajstić information content (AvgIpc) is 1.88. The van der Waals surface area contributed by atoms with E-state index in [1.54, 1.807) is 4.90 Å². The summed E-state index contributed by atoms with van der Waals surface area (Å²) in [4.78, 5) is 13.1. The highest BCUT2D eigenvalue weighted by Crippen LogP contribution is 2.16. The second kappa shape index (κ2) is 4.37. The lowest BCUT2D eigenvalue weighted by molar-refractivity contribution is -0.134.